The molecule has 0 spiro atoms. The van der Waals surface area contributed by atoms with Gasteiger partial charge in [-0.05, 0) is 0 Å². The number of aryl methyl sites for hydroxylation is 1. The molecular weight excluding hydrogens is 171 g/mol. The van der Waals surface area contributed by atoms with Crippen molar-refractivity contribution in [1.82, 2.24) is 9.78 Å². The molecule has 0 aliphatic rings. The first-order chi connectivity index (χ1) is 5.47. The van der Waals surface area contributed by atoms with Gasteiger partial charge in [-0.3, -0.25) is 4.68 Å². The third-order valence-corrected chi connectivity index (χ3v) is 1.18. The fourth-order valence-corrected chi connectivity index (χ4v) is 0.700. The van der Waals surface area contributed by atoms with E-state index in [0.29, 0.717) is 0 Å². The van der Waals surface area contributed by atoms with Gasteiger partial charge in [0.05, 0.1) is 0 Å². The number of hydrogen-bond acceptors (Lipinski definition) is 2. The molecule has 12 heavy (non-hydrogen) atoms. The summed E-state index contributed by atoms with van der Waals surface area (Å²) >= 11 is 0. The van der Waals surface area contributed by atoms with Crippen molar-refractivity contribution in [1.29, 1.82) is 0 Å². The van der Waals surface area contributed by atoms with Crippen molar-refractivity contribution in [2.75, 3.05) is 11.9 Å². The summed E-state index contributed by atoms with van der Waals surface area (Å²) < 4.78 is 36.4. The lowest BCUT2D eigenvalue weighted by Gasteiger charge is -2.05. The molecule has 0 aliphatic carbocycles. The lowest BCUT2D eigenvalue weighted by molar-refractivity contribution is -0.115. The number of nitrogens with zero attached hydrogens (tertiary/aromatic N) is 2. The largest absolute Gasteiger partial charge is 0.405 e. The normalized spacial score (nSPS) is 11.7. The second-order valence-corrected chi connectivity index (χ2v) is 2.34. The molecule has 6 heteroatoms. The molecule has 0 aromatic carbocycles. The second-order valence-electron chi connectivity index (χ2n) is 2.34. The third kappa shape index (κ3) is 2.81. The summed E-state index contributed by atoms with van der Waals surface area (Å²) in [6, 6.07) is 1.48. The number of rotatable bonds is 2. The first kappa shape index (κ1) is 8.89. The average Bonchev–Trinajstić information content (AvgIpc) is 2.30. The maximum absolute atomic E-state index is 11.7. The van der Waals surface area contributed by atoms with Crippen LogP contribution in [-0.4, -0.2) is 22.5 Å². The molecule has 0 radical (unpaired) electrons. The number of hydrogen-bond donors (Lipinski definition) is 1. The first-order valence-electron chi connectivity index (χ1n) is 3.28. The van der Waals surface area contributed by atoms with Gasteiger partial charge in [-0.15, -0.1) is 0 Å². The van der Waals surface area contributed by atoms with E-state index < -0.39 is 12.7 Å². The lowest BCUT2D eigenvalue weighted by Crippen LogP contribution is -2.21. The molecule has 1 rings (SSSR count). The van der Waals surface area contributed by atoms with Crippen molar-refractivity contribution in [3.8, 4) is 0 Å². The number of alkyl halides is 3. The van der Waals surface area contributed by atoms with Crippen LogP contribution in [0.5, 0.6) is 0 Å². The molecule has 68 valence electrons. The topological polar surface area (TPSA) is 29.9 Å². The van der Waals surface area contributed by atoms with Crippen LogP contribution in [0.2, 0.25) is 0 Å². The van der Waals surface area contributed by atoms with Crippen LogP contribution in [0.4, 0.5) is 19.0 Å². The first-order valence-corrected chi connectivity index (χ1v) is 3.28. The Kier molecular flexibility index (Phi) is 2.25. The Morgan fingerprint density at radius 2 is 2.25 bits per heavy atom. The Bertz CT molecular complexity index is 253. The van der Waals surface area contributed by atoms with E-state index in [0.717, 1.165) is 0 Å². The van der Waals surface area contributed by atoms with Crippen LogP contribution >= 0.6 is 0 Å². The lowest BCUT2D eigenvalue weighted by atomic mass is 10.5. The highest BCUT2D eigenvalue weighted by molar-refractivity contribution is 5.32. The van der Waals surface area contributed by atoms with E-state index in [9.17, 15) is 13.2 Å². The molecule has 1 heterocycles. The van der Waals surface area contributed by atoms with Crippen LogP contribution in [0.1, 0.15) is 0 Å². The van der Waals surface area contributed by atoms with Crippen LogP contribution in [-0.2, 0) is 7.05 Å². The fraction of sp³-hybridized carbons (Fsp3) is 0.500. The van der Waals surface area contributed by atoms with E-state index in [1.807, 2.05) is 0 Å². The van der Waals surface area contributed by atoms with Gasteiger partial charge in [0.25, 0.3) is 0 Å². The van der Waals surface area contributed by atoms with Crippen molar-refractivity contribution in [3.05, 3.63) is 12.3 Å². The van der Waals surface area contributed by atoms with Gasteiger partial charge in [-0.2, -0.15) is 18.3 Å². The van der Waals surface area contributed by atoms with E-state index in [4.69, 9.17) is 0 Å². The summed E-state index contributed by atoms with van der Waals surface area (Å²) in [5.41, 5.74) is 0. The minimum atomic E-state index is -4.20. The minimum Gasteiger partial charge on any atom is -0.360 e. The standard InChI is InChI=1S/C6H8F3N3/c1-12-3-2-5(11-12)10-4-6(7,8)9/h2-3H,4H2,1H3,(H,10,11). The Balaban J connectivity index is 2.44. The molecule has 0 atom stereocenters. The molecule has 1 N–H and O–H groups in total. The summed E-state index contributed by atoms with van der Waals surface area (Å²) in [7, 11) is 1.64. The Hall–Kier alpha value is -1.20. The molecule has 0 unspecified atom stereocenters. The van der Waals surface area contributed by atoms with Crippen molar-refractivity contribution in [2.24, 2.45) is 7.05 Å². The maximum Gasteiger partial charge on any atom is 0.405 e. The quantitative estimate of drug-likeness (QED) is 0.743. The monoisotopic (exact) mass is 179 g/mol. The Labute approximate surface area is 67.2 Å². The fourth-order valence-electron chi connectivity index (χ4n) is 0.700. The van der Waals surface area contributed by atoms with Gasteiger partial charge in [-0.25, -0.2) is 0 Å². The number of nitrogens with one attached hydrogen (secondary N) is 1. The van der Waals surface area contributed by atoms with Gasteiger partial charge >= 0.3 is 6.18 Å². The summed E-state index contributed by atoms with van der Waals surface area (Å²) in [6.45, 7) is -1.05. The molecule has 0 aliphatic heterocycles. The average molecular weight is 179 g/mol. The zero-order valence-corrected chi connectivity index (χ0v) is 6.39. The Morgan fingerprint density at radius 3 is 2.67 bits per heavy atom. The van der Waals surface area contributed by atoms with Crippen LogP contribution in [0, 0.1) is 0 Å². The van der Waals surface area contributed by atoms with Crippen molar-refractivity contribution in [2.45, 2.75) is 6.18 Å². The Morgan fingerprint density at radius 1 is 1.58 bits per heavy atom. The van der Waals surface area contributed by atoms with Crippen molar-refractivity contribution in [3.63, 3.8) is 0 Å². The number of halogens is 3. The highest BCUT2D eigenvalue weighted by Crippen LogP contribution is 2.14. The van der Waals surface area contributed by atoms with E-state index in [1.165, 1.54) is 10.7 Å². The van der Waals surface area contributed by atoms with Crippen molar-refractivity contribution >= 4 is 5.82 Å². The molecule has 1 aromatic rings. The number of anilines is 1. The van der Waals surface area contributed by atoms with E-state index in [1.54, 1.807) is 13.2 Å². The van der Waals surface area contributed by atoms with E-state index in [2.05, 4.69) is 10.4 Å². The van der Waals surface area contributed by atoms with Crippen LogP contribution < -0.4 is 5.32 Å². The highest BCUT2D eigenvalue weighted by atomic mass is 19.4. The molecule has 1 aromatic heterocycles. The molecule has 0 amide bonds. The zero-order chi connectivity index (χ0) is 9.19. The predicted octanol–water partition coefficient (Wildman–Crippen LogP) is 1.39. The summed E-state index contributed by atoms with van der Waals surface area (Å²) in [5, 5.41) is 5.87. The SMILES string of the molecule is Cn1ccc(NCC(F)(F)F)n1. The number of aromatic nitrogens is 2. The van der Waals surface area contributed by atoms with Gasteiger partial charge in [0.2, 0.25) is 0 Å². The second kappa shape index (κ2) is 3.04. The summed E-state index contributed by atoms with van der Waals surface area (Å²) in [4.78, 5) is 0. The maximum atomic E-state index is 11.7. The van der Waals surface area contributed by atoms with Gasteiger partial charge in [0, 0.05) is 19.3 Å². The highest BCUT2D eigenvalue weighted by Gasteiger charge is 2.26. The van der Waals surface area contributed by atoms with E-state index >= 15 is 0 Å². The summed E-state index contributed by atoms with van der Waals surface area (Å²) in [6.07, 6.45) is -2.63. The molecule has 0 saturated carbocycles. The molecular formula is C6H8F3N3. The third-order valence-electron chi connectivity index (χ3n) is 1.18. The molecule has 0 saturated heterocycles. The van der Waals surface area contributed by atoms with Crippen LogP contribution in [0.25, 0.3) is 0 Å². The van der Waals surface area contributed by atoms with Crippen LogP contribution in [0.15, 0.2) is 12.3 Å². The minimum absolute atomic E-state index is 0.231. The zero-order valence-electron chi connectivity index (χ0n) is 6.39. The summed E-state index contributed by atoms with van der Waals surface area (Å²) in [5.74, 6) is 0.231. The molecule has 3 nitrogen and oxygen atoms in total. The molecule has 0 bridgehead atoms. The van der Waals surface area contributed by atoms with Gasteiger partial charge in [0.15, 0.2) is 0 Å². The van der Waals surface area contributed by atoms with Crippen molar-refractivity contribution < 1.29 is 13.2 Å². The predicted molar refractivity (Wildman–Crippen MR) is 37.8 cm³/mol. The molecule has 0 fully saturated rings. The van der Waals surface area contributed by atoms with Gasteiger partial charge in [-0.1, -0.05) is 0 Å². The van der Waals surface area contributed by atoms with Crippen LogP contribution in [0.3, 0.4) is 0 Å². The van der Waals surface area contributed by atoms with Gasteiger partial charge in [0.1, 0.15) is 12.4 Å². The van der Waals surface area contributed by atoms with E-state index in [-0.39, 0.29) is 5.82 Å². The smallest absolute Gasteiger partial charge is 0.360 e. The van der Waals surface area contributed by atoms with Gasteiger partial charge < -0.3 is 5.32 Å².